The molecule has 0 aliphatic carbocycles. The predicted octanol–water partition coefficient (Wildman–Crippen LogP) is 1.55. The minimum Gasteiger partial charge on any atom is -0.390 e. The number of ether oxygens (including phenoxy) is 1. The van der Waals surface area contributed by atoms with E-state index in [0.717, 1.165) is 31.9 Å². The standard InChI is InChI=1S/C15H24N4O2.C2H6.CH3B/c1-15(2,19-8-12(20)9-19)13-10-18(5-6-21-13)11-3-4-14(16)17-7-11;2*1-2/h3-4,7,12-13,20H,5-6,8-10H2,1-2H3,(H2,16,17);1-2H3;1H3. The number of likely N-dealkylation sites (tertiary alicyclic amines) is 1. The van der Waals surface area contributed by atoms with Gasteiger partial charge in [-0.3, -0.25) is 4.90 Å². The van der Waals surface area contributed by atoms with Gasteiger partial charge in [-0.15, -0.1) is 0 Å². The SMILES string of the molecule is CC.CC(C)(C1CN(c2ccc(N)nc2)CCO1)N1CC(O)C1.[B]C. The molecule has 140 valence electrons. The molecule has 2 saturated heterocycles. The fourth-order valence-electron chi connectivity index (χ4n) is 3.03. The van der Waals surface area contributed by atoms with Gasteiger partial charge in [0.25, 0.3) is 0 Å². The lowest BCUT2D eigenvalue weighted by Crippen LogP contribution is -2.67. The number of β-amino-alcohol motifs (C(OH)–C–C–N with tert-alkyl or cyclic N) is 1. The minimum atomic E-state index is -0.190. The first kappa shape index (κ1) is 21.7. The summed E-state index contributed by atoms with van der Waals surface area (Å²) in [4.78, 5) is 8.74. The van der Waals surface area contributed by atoms with Crippen molar-refractivity contribution in [2.75, 3.05) is 43.4 Å². The molecule has 0 spiro atoms. The first-order chi connectivity index (χ1) is 12.0. The topological polar surface area (TPSA) is 74.8 Å². The van der Waals surface area contributed by atoms with E-state index in [1.54, 1.807) is 0 Å². The van der Waals surface area contributed by atoms with Gasteiger partial charge in [0.1, 0.15) is 5.82 Å². The summed E-state index contributed by atoms with van der Waals surface area (Å²) in [7, 11) is 4.50. The van der Waals surface area contributed by atoms with Crippen molar-refractivity contribution in [1.29, 1.82) is 0 Å². The van der Waals surface area contributed by atoms with Crippen molar-refractivity contribution in [3.8, 4) is 0 Å². The molecule has 2 aliphatic rings. The fourth-order valence-corrected chi connectivity index (χ4v) is 3.03. The Morgan fingerprint density at radius 3 is 2.40 bits per heavy atom. The molecule has 3 N–H and O–H groups in total. The van der Waals surface area contributed by atoms with Crippen molar-refractivity contribution in [3.63, 3.8) is 0 Å². The third kappa shape index (κ3) is 5.33. The van der Waals surface area contributed by atoms with E-state index in [1.807, 2.05) is 32.2 Å². The summed E-state index contributed by atoms with van der Waals surface area (Å²) in [6.07, 6.45) is 1.74. The number of nitrogens with two attached hydrogens (primary N) is 1. The van der Waals surface area contributed by atoms with Gasteiger partial charge in [-0.1, -0.05) is 20.7 Å². The molecule has 0 bridgehead atoms. The molecular formula is C18H33BN4O2. The second-order valence-electron chi connectivity index (χ2n) is 6.46. The number of aliphatic hydroxyl groups is 1. The number of aromatic nitrogens is 1. The maximum absolute atomic E-state index is 9.52. The molecule has 25 heavy (non-hydrogen) atoms. The van der Waals surface area contributed by atoms with E-state index in [0.29, 0.717) is 12.4 Å². The van der Waals surface area contributed by atoms with E-state index in [9.17, 15) is 5.11 Å². The Morgan fingerprint density at radius 2 is 1.88 bits per heavy atom. The number of hydrogen-bond donors (Lipinski definition) is 2. The summed E-state index contributed by atoms with van der Waals surface area (Å²) < 4.78 is 6.00. The highest BCUT2D eigenvalue weighted by atomic mass is 16.5. The van der Waals surface area contributed by atoms with Crippen molar-refractivity contribution < 1.29 is 9.84 Å². The maximum atomic E-state index is 9.52. The number of pyridine rings is 1. The third-order valence-corrected chi connectivity index (χ3v) is 4.67. The van der Waals surface area contributed by atoms with E-state index in [-0.39, 0.29) is 17.7 Å². The normalized spacial score (nSPS) is 21.4. The van der Waals surface area contributed by atoms with Gasteiger partial charge in [0, 0.05) is 31.7 Å². The Balaban J connectivity index is 0.000000730. The van der Waals surface area contributed by atoms with Crippen molar-refractivity contribution in [2.45, 2.75) is 52.3 Å². The van der Waals surface area contributed by atoms with Crippen LogP contribution in [0.5, 0.6) is 0 Å². The minimum absolute atomic E-state index is 0.0842. The van der Waals surface area contributed by atoms with Crippen LogP contribution in [0.15, 0.2) is 18.3 Å². The molecule has 1 aromatic rings. The summed E-state index contributed by atoms with van der Waals surface area (Å²) in [6, 6.07) is 3.84. The Kier molecular flexibility index (Phi) is 8.69. The lowest BCUT2D eigenvalue weighted by Gasteiger charge is -2.52. The highest BCUT2D eigenvalue weighted by molar-refractivity contribution is 6.05. The van der Waals surface area contributed by atoms with Crippen LogP contribution in [-0.4, -0.2) is 73.4 Å². The van der Waals surface area contributed by atoms with Crippen molar-refractivity contribution >= 4 is 19.4 Å². The smallest absolute Gasteiger partial charge is 0.123 e. The molecule has 3 heterocycles. The number of anilines is 2. The molecule has 2 fully saturated rings. The van der Waals surface area contributed by atoms with Gasteiger partial charge in [0.05, 0.1) is 38.5 Å². The quantitative estimate of drug-likeness (QED) is 0.808. The fraction of sp³-hybridized carbons (Fsp3) is 0.722. The zero-order valence-corrected chi connectivity index (χ0v) is 16.3. The van der Waals surface area contributed by atoms with Crippen molar-refractivity contribution in [3.05, 3.63) is 18.3 Å². The maximum Gasteiger partial charge on any atom is 0.123 e. The Morgan fingerprint density at radius 1 is 1.24 bits per heavy atom. The van der Waals surface area contributed by atoms with E-state index in [4.69, 9.17) is 10.5 Å². The summed E-state index contributed by atoms with van der Waals surface area (Å²) in [5.74, 6) is 0.540. The van der Waals surface area contributed by atoms with Gasteiger partial charge in [0.15, 0.2) is 0 Å². The van der Waals surface area contributed by atoms with Crippen molar-refractivity contribution in [1.82, 2.24) is 9.88 Å². The molecule has 1 aromatic heterocycles. The number of morpholine rings is 1. The summed E-state index contributed by atoms with van der Waals surface area (Å²) >= 11 is 0. The summed E-state index contributed by atoms with van der Waals surface area (Å²) in [5.41, 5.74) is 6.64. The van der Waals surface area contributed by atoms with Crippen LogP contribution in [0.1, 0.15) is 27.7 Å². The van der Waals surface area contributed by atoms with E-state index < -0.39 is 0 Å². The molecular weight excluding hydrogens is 315 g/mol. The lowest BCUT2D eigenvalue weighted by atomic mass is 9.89. The zero-order valence-electron chi connectivity index (χ0n) is 16.3. The zero-order chi connectivity index (χ0) is 19.0. The van der Waals surface area contributed by atoms with Gasteiger partial charge >= 0.3 is 0 Å². The first-order valence-corrected chi connectivity index (χ1v) is 9.06. The van der Waals surface area contributed by atoms with Crippen LogP contribution >= 0.6 is 0 Å². The number of hydrogen-bond acceptors (Lipinski definition) is 6. The van der Waals surface area contributed by atoms with Gasteiger partial charge < -0.3 is 20.5 Å². The summed E-state index contributed by atoms with van der Waals surface area (Å²) in [5, 5.41) is 9.52. The van der Waals surface area contributed by atoms with Crippen LogP contribution in [0.4, 0.5) is 11.5 Å². The molecule has 1 unspecified atom stereocenters. The van der Waals surface area contributed by atoms with Crippen LogP contribution < -0.4 is 10.6 Å². The Labute approximate surface area is 153 Å². The lowest BCUT2D eigenvalue weighted by molar-refractivity contribution is -0.121. The van der Waals surface area contributed by atoms with Crippen LogP contribution in [-0.2, 0) is 4.74 Å². The molecule has 3 rings (SSSR count). The first-order valence-electron chi connectivity index (χ1n) is 9.06. The molecule has 1 atom stereocenters. The molecule has 7 heteroatoms. The van der Waals surface area contributed by atoms with Gasteiger partial charge in [-0.25, -0.2) is 4.98 Å². The second kappa shape index (κ2) is 9.99. The molecule has 0 saturated carbocycles. The van der Waals surface area contributed by atoms with Gasteiger partial charge in [-0.05, 0) is 26.0 Å². The van der Waals surface area contributed by atoms with Crippen LogP contribution in [0, 0.1) is 0 Å². The monoisotopic (exact) mass is 348 g/mol. The molecule has 6 nitrogen and oxygen atoms in total. The Hall–Kier alpha value is -1.31. The second-order valence-corrected chi connectivity index (χ2v) is 6.46. The van der Waals surface area contributed by atoms with Crippen molar-refractivity contribution in [2.24, 2.45) is 0 Å². The molecule has 2 aliphatic heterocycles. The van der Waals surface area contributed by atoms with Crippen LogP contribution in [0.25, 0.3) is 0 Å². The van der Waals surface area contributed by atoms with E-state index >= 15 is 0 Å². The average molecular weight is 348 g/mol. The number of nitrogens with zero attached hydrogens (tertiary/aromatic N) is 3. The summed E-state index contributed by atoms with van der Waals surface area (Å²) in [6.45, 7) is 13.7. The highest BCUT2D eigenvalue weighted by Crippen LogP contribution is 2.30. The van der Waals surface area contributed by atoms with E-state index in [2.05, 4.69) is 36.5 Å². The molecule has 0 amide bonds. The predicted molar refractivity (Wildman–Crippen MR) is 105 cm³/mol. The van der Waals surface area contributed by atoms with E-state index in [1.165, 1.54) is 6.82 Å². The van der Waals surface area contributed by atoms with Gasteiger partial charge in [0.2, 0.25) is 0 Å². The van der Waals surface area contributed by atoms with Gasteiger partial charge in [-0.2, -0.15) is 0 Å². The van der Waals surface area contributed by atoms with Crippen LogP contribution in [0.3, 0.4) is 0 Å². The highest BCUT2D eigenvalue weighted by Gasteiger charge is 2.44. The average Bonchev–Trinajstić information content (AvgIpc) is 2.63. The largest absolute Gasteiger partial charge is 0.390 e. The number of nitrogen functional groups attached to an aromatic ring is 1. The number of aliphatic hydroxyl groups excluding tert-OH is 1. The van der Waals surface area contributed by atoms with Crippen LogP contribution in [0.2, 0.25) is 6.82 Å². The Bertz CT molecular complexity index is 492. The molecule has 2 radical (unpaired) electrons. The molecule has 0 aromatic carbocycles. The third-order valence-electron chi connectivity index (χ3n) is 4.67. The number of rotatable bonds is 3.